The Kier molecular flexibility index (Phi) is 2.51. The van der Waals surface area contributed by atoms with Crippen LogP contribution in [0.5, 0.6) is 0 Å². The lowest BCUT2D eigenvalue weighted by Crippen LogP contribution is -2.42. The van der Waals surface area contributed by atoms with Crippen molar-refractivity contribution in [1.82, 2.24) is 4.31 Å². The number of sulfonamides is 1. The number of alkyl halides is 1. The van der Waals surface area contributed by atoms with E-state index in [4.69, 9.17) is 11.6 Å². The van der Waals surface area contributed by atoms with Crippen molar-refractivity contribution in [3.8, 4) is 0 Å². The summed E-state index contributed by atoms with van der Waals surface area (Å²) in [5, 5.41) is -0.212. The van der Waals surface area contributed by atoms with Crippen LogP contribution < -0.4 is 0 Å². The normalized spacial score (nSPS) is 30.9. The zero-order valence-corrected chi connectivity index (χ0v) is 11.1. The molecule has 1 saturated heterocycles. The van der Waals surface area contributed by atoms with Gasteiger partial charge in [0.1, 0.15) is 0 Å². The Hall–Kier alpha value is -0.580. The first-order valence-corrected chi connectivity index (χ1v) is 7.66. The molecule has 2 heterocycles. The van der Waals surface area contributed by atoms with E-state index in [0.29, 0.717) is 11.4 Å². The number of fused-ring (bicyclic) bond motifs is 2. The van der Waals surface area contributed by atoms with Crippen LogP contribution in [0, 0.1) is 6.92 Å². The van der Waals surface area contributed by atoms with E-state index in [9.17, 15) is 8.42 Å². The van der Waals surface area contributed by atoms with Gasteiger partial charge in [0.25, 0.3) is 0 Å². The standard InChI is InChI=1S/C12H14ClNO2S/c1-8-4-5-11-9(7-8)12(13)10-3-2-6-14(10)17(11,15)16/h4-5,7,10,12H,2-3,6H2,1H3/t10-,12+/m0/s1. The fourth-order valence-corrected chi connectivity index (χ4v) is 5.31. The molecule has 17 heavy (non-hydrogen) atoms. The van der Waals surface area contributed by atoms with Crippen LogP contribution in [-0.4, -0.2) is 25.3 Å². The first kappa shape index (κ1) is 11.5. The van der Waals surface area contributed by atoms with Gasteiger partial charge in [0, 0.05) is 12.6 Å². The van der Waals surface area contributed by atoms with Crippen LogP contribution >= 0.6 is 11.6 Å². The minimum Gasteiger partial charge on any atom is -0.207 e. The lowest BCUT2D eigenvalue weighted by atomic mass is 10.0. The molecule has 0 radical (unpaired) electrons. The highest BCUT2D eigenvalue weighted by Crippen LogP contribution is 2.44. The number of aryl methyl sites for hydroxylation is 1. The maximum Gasteiger partial charge on any atom is 0.243 e. The van der Waals surface area contributed by atoms with Crippen LogP contribution in [-0.2, 0) is 10.0 Å². The van der Waals surface area contributed by atoms with Crippen LogP contribution in [0.25, 0.3) is 0 Å². The molecule has 0 spiro atoms. The Morgan fingerprint density at radius 1 is 1.41 bits per heavy atom. The summed E-state index contributed by atoms with van der Waals surface area (Å²) < 4.78 is 26.4. The fraction of sp³-hybridized carbons (Fsp3) is 0.500. The SMILES string of the molecule is Cc1ccc2c(c1)[C@@H](Cl)[C@@H]1CCCN1S2(=O)=O. The van der Waals surface area contributed by atoms with Crippen molar-refractivity contribution in [2.45, 2.75) is 36.1 Å². The molecule has 3 nitrogen and oxygen atoms in total. The van der Waals surface area contributed by atoms with Gasteiger partial charge in [0.05, 0.1) is 10.3 Å². The molecule has 2 atom stereocenters. The van der Waals surface area contributed by atoms with Gasteiger partial charge in [-0.2, -0.15) is 4.31 Å². The molecule has 0 saturated carbocycles. The van der Waals surface area contributed by atoms with Gasteiger partial charge in [-0.1, -0.05) is 17.7 Å². The molecule has 0 aliphatic carbocycles. The van der Waals surface area contributed by atoms with E-state index in [1.54, 1.807) is 10.4 Å². The molecule has 0 bridgehead atoms. The average molecular weight is 272 g/mol. The highest BCUT2D eigenvalue weighted by molar-refractivity contribution is 7.89. The van der Waals surface area contributed by atoms with Crippen molar-refractivity contribution in [2.24, 2.45) is 0 Å². The number of rotatable bonds is 0. The summed E-state index contributed by atoms with van der Waals surface area (Å²) in [5.41, 5.74) is 1.82. The van der Waals surface area contributed by atoms with Crippen LogP contribution in [0.1, 0.15) is 29.3 Å². The van der Waals surface area contributed by atoms with Gasteiger partial charge in [-0.15, -0.1) is 11.6 Å². The predicted octanol–water partition coefficient (Wildman–Crippen LogP) is 2.44. The van der Waals surface area contributed by atoms with Crippen molar-refractivity contribution in [3.05, 3.63) is 29.3 Å². The minimum absolute atomic E-state index is 0.0593. The lowest BCUT2D eigenvalue weighted by molar-refractivity contribution is 0.363. The fourth-order valence-electron chi connectivity index (χ4n) is 2.81. The van der Waals surface area contributed by atoms with E-state index in [2.05, 4.69) is 0 Å². The number of halogens is 1. The molecule has 2 aliphatic heterocycles. The Morgan fingerprint density at radius 3 is 2.94 bits per heavy atom. The Labute approximate surface area is 106 Å². The van der Waals surface area contributed by atoms with Crippen LogP contribution in [0.4, 0.5) is 0 Å². The number of nitrogens with zero attached hydrogens (tertiary/aromatic N) is 1. The smallest absolute Gasteiger partial charge is 0.207 e. The van der Waals surface area contributed by atoms with E-state index in [0.717, 1.165) is 24.0 Å². The maximum absolute atomic E-state index is 12.4. The zero-order valence-electron chi connectivity index (χ0n) is 9.56. The summed E-state index contributed by atoms with van der Waals surface area (Å²) in [6, 6.07) is 5.36. The topological polar surface area (TPSA) is 37.4 Å². The van der Waals surface area contributed by atoms with E-state index in [1.165, 1.54) is 0 Å². The first-order chi connectivity index (χ1) is 8.01. The molecule has 1 fully saturated rings. The monoisotopic (exact) mass is 271 g/mol. The maximum atomic E-state index is 12.4. The van der Waals surface area contributed by atoms with Gasteiger partial charge in [0.15, 0.2) is 0 Å². The third kappa shape index (κ3) is 1.54. The van der Waals surface area contributed by atoms with Crippen LogP contribution in [0.15, 0.2) is 23.1 Å². The quantitative estimate of drug-likeness (QED) is 0.680. The molecule has 1 aromatic carbocycles. The molecular formula is C12H14ClNO2S. The van der Waals surface area contributed by atoms with Crippen LogP contribution in [0.3, 0.4) is 0 Å². The second-order valence-electron chi connectivity index (χ2n) is 4.77. The second kappa shape index (κ2) is 3.70. The molecule has 92 valence electrons. The highest BCUT2D eigenvalue weighted by Gasteiger charge is 2.45. The highest BCUT2D eigenvalue weighted by atomic mass is 35.5. The third-order valence-electron chi connectivity index (χ3n) is 3.64. The van der Waals surface area contributed by atoms with E-state index in [-0.39, 0.29) is 11.4 Å². The summed E-state index contributed by atoms with van der Waals surface area (Å²) in [6.45, 7) is 2.56. The molecule has 0 amide bonds. The lowest BCUT2D eigenvalue weighted by Gasteiger charge is -2.34. The molecule has 5 heteroatoms. The number of hydrogen-bond donors (Lipinski definition) is 0. The summed E-state index contributed by atoms with van der Waals surface area (Å²) in [7, 11) is -3.32. The molecular weight excluding hydrogens is 258 g/mol. The van der Waals surface area contributed by atoms with Gasteiger partial charge in [-0.05, 0) is 31.4 Å². The summed E-state index contributed by atoms with van der Waals surface area (Å²) >= 11 is 6.44. The molecule has 0 unspecified atom stereocenters. The van der Waals surface area contributed by atoms with Gasteiger partial charge >= 0.3 is 0 Å². The predicted molar refractivity (Wildman–Crippen MR) is 66.7 cm³/mol. The summed E-state index contributed by atoms with van der Waals surface area (Å²) in [5.74, 6) is 0. The van der Waals surface area contributed by atoms with Crippen molar-refractivity contribution in [1.29, 1.82) is 0 Å². The molecule has 0 N–H and O–H groups in total. The van der Waals surface area contributed by atoms with Gasteiger partial charge in [0.2, 0.25) is 10.0 Å². The van der Waals surface area contributed by atoms with Crippen molar-refractivity contribution in [2.75, 3.05) is 6.54 Å². The largest absolute Gasteiger partial charge is 0.243 e. The van der Waals surface area contributed by atoms with Crippen molar-refractivity contribution >= 4 is 21.6 Å². The van der Waals surface area contributed by atoms with Crippen molar-refractivity contribution in [3.63, 3.8) is 0 Å². The Bertz CT molecular complexity index is 570. The first-order valence-electron chi connectivity index (χ1n) is 5.78. The number of benzene rings is 1. The third-order valence-corrected chi connectivity index (χ3v) is 6.16. The van der Waals surface area contributed by atoms with E-state index >= 15 is 0 Å². The second-order valence-corrected chi connectivity index (χ2v) is 7.10. The molecule has 1 aromatic rings. The Morgan fingerprint density at radius 2 is 2.18 bits per heavy atom. The average Bonchev–Trinajstić information content (AvgIpc) is 2.76. The zero-order chi connectivity index (χ0) is 12.2. The van der Waals surface area contributed by atoms with E-state index in [1.807, 2.05) is 19.1 Å². The molecule has 2 aliphatic rings. The van der Waals surface area contributed by atoms with Gasteiger partial charge in [-0.3, -0.25) is 0 Å². The van der Waals surface area contributed by atoms with Crippen molar-refractivity contribution < 1.29 is 8.42 Å². The van der Waals surface area contributed by atoms with Crippen LogP contribution in [0.2, 0.25) is 0 Å². The minimum atomic E-state index is -3.32. The number of hydrogen-bond acceptors (Lipinski definition) is 2. The summed E-state index contributed by atoms with van der Waals surface area (Å²) in [4.78, 5) is 0.390. The van der Waals surface area contributed by atoms with Gasteiger partial charge < -0.3 is 0 Å². The molecule has 3 rings (SSSR count). The van der Waals surface area contributed by atoms with E-state index < -0.39 is 10.0 Å². The van der Waals surface area contributed by atoms with Gasteiger partial charge in [-0.25, -0.2) is 8.42 Å². The summed E-state index contributed by atoms with van der Waals surface area (Å²) in [6.07, 6.45) is 1.76. The molecule has 0 aromatic heterocycles. The Balaban J connectivity index is 2.26.